The Hall–Kier alpha value is -1.55. The molecule has 1 saturated heterocycles. The number of carbonyl (C=O) groups excluding carboxylic acids is 1. The van der Waals surface area contributed by atoms with Crippen molar-refractivity contribution in [1.29, 1.82) is 0 Å². The van der Waals surface area contributed by atoms with Gasteiger partial charge in [-0.1, -0.05) is 12.1 Å². The van der Waals surface area contributed by atoms with Crippen molar-refractivity contribution < 1.29 is 14.3 Å². The van der Waals surface area contributed by atoms with Gasteiger partial charge in [0.1, 0.15) is 5.75 Å². The molecule has 4 heteroatoms. The normalized spacial score (nSPS) is 18.6. The smallest absolute Gasteiger partial charge is 0.223 e. The molecule has 0 aromatic heterocycles. The van der Waals surface area contributed by atoms with Crippen molar-refractivity contribution in [1.82, 2.24) is 4.90 Å². The minimum Gasteiger partial charge on any atom is -0.494 e. The molecule has 1 fully saturated rings. The van der Waals surface area contributed by atoms with E-state index in [4.69, 9.17) is 9.47 Å². The molecule has 1 atom stereocenters. The van der Waals surface area contributed by atoms with Gasteiger partial charge in [-0.3, -0.25) is 4.79 Å². The summed E-state index contributed by atoms with van der Waals surface area (Å²) >= 11 is 0. The molecule has 0 bridgehead atoms. The van der Waals surface area contributed by atoms with Crippen LogP contribution in [0, 0.1) is 5.92 Å². The lowest BCUT2D eigenvalue weighted by atomic mass is 9.98. The molecule has 110 valence electrons. The maximum atomic E-state index is 11.9. The molecule has 0 N–H and O–H groups in total. The first-order valence-corrected chi connectivity index (χ1v) is 7.21. The Labute approximate surface area is 120 Å². The standard InChI is InChI=1S/C16H23NO3/c1-3-20-15-6-4-5-13(10-15)9-14-11-16(18)17(12-14)7-8-19-2/h4-6,10,14H,3,7-9,11-12H2,1-2H3/t14-/m0/s1. The van der Waals surface area contributed by atoms with E-state index in [-0.39, 0.29) is 5.91 Å². The van der Waals surface area contributed by atoms with E-state index >= 15 is 0 Å². The molecule has 0 radical (unpaired) electrons. The minimum absolute atomic E-state index is 0.244. The molecule has 4 nitrogen and oxygen atoms in total. The van der Waals surface area contributed by atoms with Crippen molar-refractivity contribution in [3.05, 3.63) is 29.8 Å². The summed E-state index contributed by atoms with van der Waals surface area (Å²) in [6.45, 7) is 4.80. The van der Waals surface area contributed by atoms with Crippen molar-refractivity contribution in [3.8, 4) is 5.75 Å². The Morgan fingerprint density at radius 2 is 2.25 bits per heavy atom. The van der Waals surface area contributed by atoms with Crippen LogP contribution in [0.4, 0.5) is 0 Å². The summed E-state index contributed by atoms with van der Waals surface area (Å²) in [4.78, 5) is 13.8. The fourth-order valence-electron chi connectivity index (χ4n) is 2.67. The number of benzene rings is 1. The van der Waals surface area contributed by atoms with Gasteiger partial charge in [0.25, 0.3) is 0 Å². The molecule has 0 saturated carbocycles. The molecule has 1 aliphatic rings. The zero-order valence-corrected chi connectivity index (χ0v) is 12.3. The van der Waals surface area contributed by atoms with E-state index in [1.165, 1.54) is 5.56 Å². The molecule has 1 aromatic rings. The molecule has 1 aliphatic heterocycles. The van der Waals surface area contributed by atoms with E-state index in [9.17, 15) is 4.79 Å². The number of ether oxygens (including phenoxy) is 2. The van der Waals surface area contributed by atoms with Crippen LogP contribution in [0.25, 0.3) is 0 Å². The maximum Gasteiger partial charge on any atom is 0.223 e. The van der Waals surface area contributed by atoms with E-state index in [0.29, 0.717) is 32.1 Å². The highest BCUT2D eigenvalue weighted by atomic mass is 16.5. The number of methoxy groups -OCH3 is 1. The van der Waals surface area contributed by atoms with Gasteiger partial charge in [-0.15, -0.1) is 0 Å². The van der Waals surface area contributed by atoms with Gasteiger partial charge >= 0.3 is 0 Å². The Morgan fingerprint density at radius 3 is 3.00 bits per heavy atom. The van der Waals surface area contributed by atoms with Crippen LogP contribution in [0.5, 0.6) is 5.75 Å². The Morgan fingerprint density at radius 1 is 1.40 bits per heavy atom. The van der Waals surface area contributed by atoms with Gasteiger partial charge in [-0.05, 0) is 37.0 Å². The van der Waals surface area contributed by atoms with Crippen molar-refractivity contribution in [2.75, 3.05) is 33.4 Å². The number of carbonyl (C=O) groups is 1. The summed E-state index contributed by atoms with van der Waals surface area (Å²) in [5.41, 5.74) is 1.24. The summed E-state index contributed by atoms with van der Waals surface area (Å²) < 4.78 is 10.6. The highest BCUT2D eigenvalue weighted by molar-refractivity contribution is 5.78. The first kappa shape index (κ1) is 14.9. The van der Waals surface area contributed by atoms with Gasteiger partial charge in [0.15, 0.2) is 0 Å². The number of hydrogen-bond acceptors (Lipinski definition) is 3. The second-order valence-electron chi connectivity index (χ2n) is 5.19. The van der Waals surface area contributed by atoms with Crippen LogP contribution < -0.4 is 4.74 Å². The van der Waals surface area contributed by atoms with Gasteiger partial charge in [-0.25, -0.2) is 0 Å². The van der Waals surface area contributed by atoms with Gasteiger partial charge in [0.2, 0.25) is 5.91 Å². The third-order valence-electron chi connectivity index (χ3n) is 3.59. The Bertz CT molecular complexity index is 447. The zero-order chi connectivity index (χ0) is 14.4. The summed E-state index contributed by atoms with van der Waals surface area (Å²) in [6, 6.07) is 8.16. The molecule has 1 heterocycles. The van der Waals surface area contributed by atoms with Gasteiger partial charge < -0.3 is 14.4 Å². The number of amides is 1. The highest BCUT2D eigenvalue weighted by Gasteiger charge is 2.29. The molecule has 1 aromatic carbocycles. The molecule has 20 heavy (non-hydrogen) atoms. The fourth-order valence-corrected chi connectivity index (χ4v) is 2.67. The predicted octanol–water partition coefficient (Wildman–Crippen LogP) is 2.12. The van der Waals surface area contributed by atoms with E-state index in [1.54, 1.807) is 7.11 Å². The van der Waals surface area contributed by atoms with Crippen LogP contribution in [0.2, 0.25) is 0 Å². The van der Waals surface area contributed by atoms with Crippen LogP contribution in [0.3, 0.4) is 0 Å². The lowest BCUT2D eigenvalue weighted by molar-refractivity contribution is -0.128. The van der Waals surface area contributed by atoms with Crippen LogP contribution in [-0.4, -0.2) is 44.2 Å². The minimum atomic E-state index is 0.244. The quantitative estimate of drug-likeness (QED) is 0.766. The van der Waals surface area contributed by atoms with Crippen LogP contribution in [-0.2, 0) is 16.0 Å². The average molecular weight is 277 g/mol. The summed E-state index contributed by atoms with van der Waals surface area (Å²) in [7, 11) is 1.66. The molecule has 1 amide bonds. The third-order valence-corrected chi connectivity index (χ3v) is 3.59. The molecular weight excluding hydrogens is 254 g/mol. The maximum absolute atomic E-state index is 11.9. The van der Waals surface area contributed by atoms with Crippen LogP contribution >= 0.6 is 0 Å². The average Bonchev–Trinajstić information content (AvgIpc) is 2.77. The SMILES string of the molecule is CCOc1cccc(C[C@H]2CC(=O)N(CCOC)C2)c1. The zero-order valence-electron chi connectivity index (χ0n) is 12.3. The van der Waals surface area contributed by atoms with Gasteiger partial charge in [0.05, 0.1) is 13.2 Å². The Kier molecular flexibility index (Phi) is 5.41. The van der Waals surface area contributed by atoms with E-state index in [0.717, 1.165) is 18.7 Å². The lowest BCUT2D eigenvalue weighted by Crippen LogP contribution is -2.28. The Balaban J connectivity index is 1.90. The number of likely N-dealkylation sites (tertiary alicyclic amines) is 1. The highest BCUT2D eigenvalue weighted by Crippen LogP contribution is 2.23. The molecule has 0 aliphatic carbocycles. The van der Waals surface area contributed by atoms with E-state index in [2.05, 4.69) is 12.1 Å². The molecular formula is C16H23NO3. The van der Waals surface area contributed by atoms with Crippen molar-refractivity contribution in [3.63, 3.8) is 0 Å². The third kappa shape index (κ3) is 3.97. The van der Waals surface area contributed by atoms with Crippen molar-refractivity contribution in [2.45, 2.75) is 19.8 Å². The number of hydrogen-bond donors (Lipinski definition) is 0. The van der Waals surface area contributed by atoms with Gasteiger partial charge in [0, 0.05) is 26.6 Å². The van der Waals surface area contributed by atoms with Crippen LogP contribution in [0.15, 0.2) is 24.3 Å². The van der Waals surface area contributed by atoms with Crippen LogP contribution in [0.1, 0.15) is 18.9 Å². The summed E-state index contributed by atoms with van der Waals surface area (Å²) in [5, 5.41) is 0. The van der Waals surface area contributed by atoms with Gasteiger partial charge in [-0.2, -0.15) is 0 Å². The molecule has 0 spiro atoms. The second kappa shape index (κ2) is 7.29. The monoisotopic (exact) mass is 277 g/mol. The first-order valence-electron chi connectivity index (χ1n) is 7.21. The predicted molar refractivity (Wildman–Crippen MR) is 77.9 cm³/mol. The molecule has 2 rings (SSSR count). The first-order chi connectivity index (χ1) is 9.72. The van der Waals surface area contributed by atoms with E-state index in [1.807, 2.05) is 24.0 Å². The van der Waals surface area contributed by atoms with E-state index < -0.39 is 0 Å². The van der Waals surface area contributed by atoms with Crippen molar-refractivity contribution >= 4 is 5.91 Å². The number of nitrogens with zero attached hydrogens (tertiary/aromatic N) is 1. The summed E-state index contributed by atoms with van der Waals surface area (Å²) in [6.07, 6.45) is 1.57. The summed E-state index contributed by atoms with van der Waals surface area (Å²) in [5.74, 6) is 1.55. The lowest BCUT2D eigenvalue weighted by Gasteiger charge is -2.16. The fraction of sp³-hybridized carbons (Fsp3) is 0.562. The molecule has 0 unspecified atom stereocenters. The largest absolute Gasteiger partial charge is 0.494 e. The number of rotatable bonds is 7. The topological polar surface area (TPSA) is 38.8 Å². The second-order valence-corrected chi connectivity index (χ2v) is 5.19. The van der Waals surface area contributed by atoms with Crippen molar-refractivity contribution in [2.24, 2.45) is 5.92 Å².